The summed E-state index contributed by atoms with van der Waals surface area (Å²) in [6.45, 7) is 10.6. The first-order valence-corrected chi connectivity index (χ1v) is 10.9. The molecular weight excluding hydrogens is 418 g/mol. The van der Waals surface area contributed by atoms with Crippen LogP contribution in [0.15, 0.2) is 30.5 Å². The van der Waals surface area contributed by atoms with Crippen molar-refractivity contribution in [3.05, 3.63) is 53.0 Å². The molecule has 0 radical (unpaired) electrons. The summed E-state index contributed by atoms with van der Waals surface area (Å²) >= 11 is 0. The zero-order valence-electron chi connectivity index (χ0n) is 19.8. The average molecular weight is 450 g/mol. The number of nitrogens with zero attached hydrogens (tertiary/aromatic N) is 4. The first kappa shape index (κ1) is 24.0. The van der Waals surface area contributed by atoms with E-state index in [9.17, 15) is 9.59 Å². The number of carbonyl (C=O) groups excluding carboxylic acids is 2. The Kier molecular flexibility index (Phi) is 6.90. The molecule has 174 valence electrons. The molecule has 9 heteroatoms. The second kappa shape index (κ2) is 9.48. The fraction of sp³-hybridized carbons (Fsp3) is 0.417. The molecule has 2 aromatic rings. The Labute approximate surface area is 194 Å². The van der Waals surface area contributed by atoms with Crippen molar-refractivity contribution in [1.82, 2.24) is 19.8 Å². The molecule has 3 rings (SSSR count). The highest BCUT2D eigenvalue weighted by molar-refractivity contribution is 6.04. The van der Waals surface area contributed by atoms with Gasteiger partial charge >= 0.3 is 0 Å². The molecule has 33 heavy (non-hydrogen) atoms. The number of hydrogen-bond donors (Lipinski definition) is 3. The van der Waals surface area contributed by atoms with Gasteiger partial charge in [0.15, 0.2) is 5.84 Å². The highest BCUT2D eigenvalue weighted by atomic mass is 16.2. The number of hydrogen-bond acceptors (Lipinski definition) is 6. The highest BCUT2D eigenvalue weighted by Crippen LogP contribution is 2.25. The standard InChI is InChI=1S/C24H31N7O2/c1-15(2)31(14-25)21(26)18-7-6-8-20(28-18)29-22(32)19-11-17-13-30(23(33)24(3,4)5)10-9-16(17)12-27-19/h6-8,11-12,14-15,25-26H,9-10,13H2,1-5H3,(H,28,29,32). The fourth-order valence-electron chi connectivity index (χ4n) is 3.63. The van der Waals surface area contributed by atoms with Crippen molar-refractivity contribution in [1.29, 1.82) is 10.8 Å². The number of aromatic nitrogens is 2. The maximum atomic E-state index is 12.9. The summed E-state index contributed by atoms with van der Waals surface area (Å²) < 4.78 is 0. The van der Waals surface area contributed by atoms with Gasteiger partial charge in [-0.05, 0) is 49.6 Å². The molecule has 9 nitrogen and oxygen atoms in total. The van der Waals surface area contributed by atoms with E-state index in [1.165, 1.54) is 4.90 Å². The molecule has 2 amide bonds. The third-order valence-corrected chi connectivity index (χ3v) is 5.44. The van der Waals surface area contributed by atoms with Crippen molar-refractivity contribution in [2.75, 3.05) is 11.9 Å². The summed E-state index contributed by atoms with van der Waals surface area (Å²) in [7, 11) is 0. The van der Waals surface area contributed by atoms with Gasteiger partial charge in [0.25, 0.3) is 5.91 Å². The number of carbonyl (C=O) groups is 2. The highest BCUT2D eigenvalue weighted by Gasteiger charge is 2.30. The smallest absolute Gasteiger partial charge is 0.275 e. The second-order valence-electron chi connectivity index (χ2n) is 9.41. The Morgan fingerprint density at radius 3 is 2.58 bits per heavy atom. The maximum Gasteiger partial charge on any atom is 0.275 e. The van der Waals surface area contributed by atoms with Crippen LogP contribution < -0.4 is 5.32 Å². The predicted octanol–water partition coefficient (Wildman–Crippen LogP) is 3.30. The van der Waals surface area contributed by atoms with Gasteiger partial charge in [0, 0.05) is 30.7 Å². The molecule has 0 saturated carbocycles. The lowest BCUT2D eigenvalue weighted by atomic mass is 9.92. The number of anilines is 1. The molecule has 0 aliphatic carbocycles. The van der Waals surface area contributed by atoms with Gasteiger partial charge in [0.2, 0.25) is 5.91 Å². The van der Waals surface area contributed by atoms with Gasteiger partial charge < -0.3 is 15.1 Å². The van der Waals surface area contributed by atoms with E-state index in [1.54, 1.807) is 30.5 Å². The van der Waals surface area contributed by atoms with Gasteiger partial charge in [-0.3, -0.25) is 25.4 Å². The number of amidine groups is 1. The second-order valence-corrected chi connectivity index (χ2v) is 9.41. The molecule has 1 aliphatic heterocycles. The van der Waals surface area contributed by atoms with E-state index in [4.69, 9.17) is 10.8 Å². The summed E-state index contributed by atoms with van der Waals surface area (Å²) in [5.41, 5.74) is 2.08. The Balaban J connectivity index is 1.76. The van der Waals surface area contributed by atoms with E-state index in [2.05, 4.69) is 15.3 Å². The van der Waals surface area contributed by atoms with Crippen LogP contribution >= 0.6 is 0 Å². The lowest BCUT2D eigenvalue weighted by Crippen LogP contribution is -2.42. The summed E-state index contributed by atoms with van der Waals surface area (Å²) in [6, 6.07) is 6.66. The minimum Gasteiger partial charge on any atom is -0.338 e. The molecule has 0 spiro atoms. The lowest BCUT2D eigenvalue weighted by molar-refractivity contribution is -0.140. The largest absolute Gasteiger partial charge is 0.338 e. The zero-order valence-corrected chi connectivity index (χ0v) is 19.8. The quantitative estimate of drug-likeness (QED) is 0.477. The van der Waals surface area contributed by atoms with E-state index in [0.29, 0.717) is 31.0 Å². The molecular formula is C24H31N7O2. The van der Waals surface area contributed by atoms with Crippen LogP contribution in [0.25, 0.3) is 0 Å². The van der Waals surface area contributed by atoms with E-state index >= 15 is 0 Å². The fourth-order valence-corrected chi connectivity index (χ4v) is 3.63. The Hall–Kier alpha value is -3.62. The van der Waals surface area contributed by atoms with Crippen LogP contribution in [0.5, 0.6) is 0 Å². The summed E-state index contributed by atoms with van der Waals surface area (Å²) in [5.74, 6) is 0.0346. The third-order valence-electron chi connectivity index (χ3n) is 5.44. The van der Waals surface area contributed by atoms with Crippen molar-refractivity contribution >= 4 is 29.8 Å². The van der Waals surface area contributed by atoms with Crippen molar-refractivity contribution < 1.29 is 9.59 Å². The van der Waals surface area contributed by atoms with Crippen LogP contribution in [0.4, 0.5) is 5.82 Å². The molecule has 2 aromatic heterocycles. The van der Waals surface area contributed by atoms with Crippen molar-refractivity contribution in [2.45, 2.75) is 53.6 Å². The first-order valence-electron chi connectivity index (χ1n) is 10.9. The average Bonchev–Trinajstić information content (AvgIpc) is 2.77. The predicted molar refractivity (Wildman–Crippen MR) is 128 cm³/mol. The lowest BCUT2D eigenvalue weighted by Gasteiger charge is -2.33. The molecule has 0 saturated heterocycles. The van der Waals surface area contributed by atoms with Crippen LogP contribution in [-0.2, 0) is 17.8 Å². The molecule has 3 N–H and O–H groups in total. The number of rotatable bonds is 5. The molecule has 0 atom stereocenters. The van der Waals surface area contributed by atoms with Gasteiger partial charge in [0.05, 0.1) is 6.34 Å². The zero-order chi connectivity index (χ0) is 24.3. The SMILES string of the molecule is CC(C)N(C=N)C(=N)c1cccc(NC(=O)c2cc3c(cn2)CCN(C(=O)C(C)(C)C)C3)n1. The maximum absolute atomic E-state index is 12.9. The van der Waals surface area contributed by atoms with Gasteiger partial charge in [0.1, 0.15) is 17.2 Å². The van der Waals surface area contributed by atoms with Crippen molar-refractivity contribution in [2.24, 2.45) is 5.41 Å². The van der Waals surface area contributed by atoms with E-state index in [0.717, 1.165) is 17.5 Å². The van der Waals surface area contributed by atoms with E-state index in [1.807, 2.05) is 39.5 Å². The van der Waals surface area contributed by atoms with Crippen molar-refractivity contribution in [3.8, 4) is 0 Å². The van der Waals surface area contributed by atoms with Gasteiger partial charge in [-0.25, -0.2) is 4.98 Å². The van der Waals surface area contributed by atoms with E-state index in [-0.39, 0.29) is 23.5 Å². The molecule has 0 unspecified atom stereocenters. The van der Waals surface area contributed by atoms with Gasteiger partial charge in [-0.15, -0.1) is 0 Å². The van der Waals surface area contributed by atoms with Crippen LogP contribution in [-0.4, -0.2) is 56.3 Å². The monoisotopic (exact) mass is 449 g/mol. The minimum atomic E-state index is -0.460. The minimum absolute atomic E-state index is 0.0699. The summed E-state index contributed by atoms with van der Waals surface area (Å²) in [5, 5.41) is 18.6. The molecule has 0 aromatic carbocycles. The number of pyridine rings is 2. The summed E-state index contributed by atoms with van der Waals surface area (Å²) in [6.07, 6.45) is 3.50. The topological polar surface area (TPSA) is 126 Å². The van der Waals surface area contributed by atoms with Crippen LogP contribution in [0, 0.1) is 16.2 Å². The van der Waals surface area contributed by atoms with Crippen LogP contribution in [0.3, 0.4) is 0 Å². The normalized spacial score (nSPS) is 13.3. The van der Waals surface area contributed by atoms with Crippen molar-refractivity contribution in [3.63, 3.8) is 0 Å². The third kappa shape index (κ3) is 5.42. The summed E-state index contributed by atoms with van der Waals surface area (Å²) in [4.78, 5) is 37.5. The Bertz CT molecular complexity index is 1090. The Morgan fingerprint density at radius 2 is 1.94 bits per heavy atom. The van der Waals surface area contributed by atoms with Crippen LogP contribution in [0.2, 0.25) is 0 Å². The number of fused-ring (bicyclic) bond motifs is 1. The molecule has 0 fully saturated rings. The number of amides is 2. The number of nitrogens with one attached hydrogen (secondary N) is 3. The van der Waals surface area contributed by atoms with Gasteiger partial charge in [-0.1, -0.05) is 26.8 Å². The first-order chi connectivity index (χ1) is 15.5. The van der Waals surface area contributed by atoms with Crippen LogP contribution in [0.1, 0.15) is 61.9 Å². The molecule has 3 heterocycles. The Morgan fingerprint density at radius 1 is 1.21 bits per heavy atom. The van der Waals surface area contributed by atoms with E-state index < -0.39 is 11.3 Å². The van der Waals surface area contributed by atoms with Gasteiger partial charge in [-0.2, -0.15) is 0 Å². The molecule has 1 aliphatic rings. The molecule has 0 bridgehead atoms.